The number of hydrogen-bond acceptors (Lipinski definition) is 5. The number of primary amides is 1. The van der Waals surface area contributed by atoms with Crippen LogP contribution in [0.2, 0.25) is 0 Å². The summed E-state index contributed by atoms with van der Waals surface area (Å²) in [5.41, 5.74) is 5.90. The third-order valence-electron chi connectivity index (χ3n) is 4.30. The van der Waals surface area contributed by atoms with Crippen LogP contribution in [0.15, 0.2) is 60.8 Å². The van der Waals surface area contributed by atoms with Crippen molar-refractivity contribution >= 4 is 11.7 Å². The van der Waals surface area contributed by atoms with Crippen molar-refractivity contribution < 1.29 is 19.0 Å². The fraction of sp³-hybridized carbons (Fsp3) is 0.182. The van der Waals surface area contributed by atoms with Crippen LogP contribution >= 0.6 is 0 Å². The molecule has 7 heteroatoms. The molecule has 1 heterocycles. The molecule has 3 aromatic rings. The molecule has 0 saturated heterocycles. The lowest BCUT2D eigenvalue weighted by Crippen LogP contribution is -2.24. The van der Waals surface area contributed by atoms with Gasteiger partial charge in [0.05, 0.1) is 5.56 Å². The summed E-state index contributed by atoms with van der Waals surface area (Å²) in [6.45, 7) is 3.38. The number of carbonyl (C=O) groups is 1. The number of halogens is 1. The number of phenols is 1. The summed E-state index contributed by atoms with van der Waals surface area (Å²) in [5.74, 6) is -0.564. The predicted molar refractivity (Wildman–Crippen MR) is 109 cm³/mol. The van der Waals surface area contributed by atoms with Crippen molar-refractivity contribution in [3.63, 3.8) is 0 Å². The van der Waals surface area contributed by atoms with Crippen LogP contribution in [0, 0.1) is 5.82 Å². The fourth-order valence-electron chi connectivity index (χ4n) is 2.94. The van der Waals surface area contributed by atoms with E-state index < -0.39 is 11.7 Å². The van der Waals surface area contributed by atoms with Gasteiger partial charge in [0.25, 0.3) is 5.91 Å². The van der Waals surface area contributed by atoms with E-state index in [9.17, 15) is 14.3 Å². The molecule has 0 saturated carbocycles. The molecule has 0 aliphatic rings. The Morgan fingerprint density at radius 2 is 2.03 bits per heavy atom. The SMILES string of the molecule is CCCN(Cc1ccc(Oc2ccc(C(N)=O)c(O)c2)c(F)c1)c1ccccn1. The molecule has 29 heavy (non-hydrogen) atoms. The van der Waals surface area contributed by atoms with Gasteiger partial charge in [-0.05, 0) is 48.4 Å². The van der Waals surface area contributed by atoms with E-state index in [0.717, 1.165) is 24.3 Å². The van der Waals surface area contributed by atoms with Gasteiger partial charge in [-0.25, -0.2) is 9.37 Å². The maximum atomic E-state index is 14.6. The Bertz CT molecular complexity index is 996. The molecule has 150 valence electrons. The van der Waals surface area contributed by atoms with Gasteiger partial charge in [0, 0.05) is 25.4 Å². The highest BCUT2D eigenvalue weighted by Gasteiger charge is 2.13. The maximum Gasteiger partial charge on any atom is 0.252 e. The Hall–Kier alpha value is -3.61. The molecule has 0 bridgehead atoms. The van der Waals surface area contributed by atoms with Gasteiger partial charge in [0.15, 0.2) is 11.6 Å². The molecule has 6 nitrogen and oxygen atoms in total. The quantitative estimate of drug-likeness (QED) is 0.596. The first kappa shape index (κ1) is 20.1. The zero-order valence-electron chi connectivity index (χ0n) is 16.0. The largest absolute Gasteiger partial charge is 0.507 e. The lowest BCUT2D eigenvalue weighted by molar-refractivity contribution is 0.0997. The molecule has 0 aliphatic heterocycles. The van der Waals surface area contributed by atoms with Crippen molar-refractivity contribution in [2.24, 2.45) is 5.73 Å². The lowest BCUT2D eigenvalue weighted by atomic mass is 10.1. The second-order valence-corrected chi connectivity index (χ2v) is 6.52. The van der Waals surface area contributed by atoms with Crippen molar-refractivity contribution in [2.75, 3.05) is 11.4 Å². The Labute approximate surface area is 168 Å². The Morgan fingerprint density at radius 3 is 2.66 bits per heavy atom. The average molecular weight is 395 g/mol. The van der Waals surface area contributed by atoms with E-state index in [2.05, 4.69) is 16.8 Å². The summed E-state index contributed by atoms with van der Waals surface area (Å²) in [4.78, 5) is 17.6. The number of carbonyl (C=O) groups excluding carboxylic acids is 1. The molecule has 0 radical (unpaired) electrons. The summed E-state index contributed by atoms with van der Waals surface area (Å²) >= 11 is 0. The molecule has 3 N–H and O–H groups in total. The Kier molecular flexibility index (Phi) is 6.29. The highest BCUT2D eigenvalue weighted by Crippen LogP contribution is 2.30. The van der Waals surface area contributed by atoms with E-state index in [4.69, 9.17) is 10.5 Å². The standard InChI is InChI=1S/C22H22FN3O3/c1-2-11-26(21-5-3-4-10-25-21)14-15-6-9-20(18(23)12-15)29-16-7-8-17(22(24)28)19(27)13-16/h3-10,12-13,27H,2,11,14H2,1H3,(H2,24,28). The van der Waals surface area contributed by atoms with Crippen LogP contribution in [0.3, 0.4) is 0 Å². The summed E-state index contributed by atoms with van der Waals surface area (Å²) < 4.78 is 20.1. The van der Waals surface area contributed by atoms with Crippen molar-refractivity contribution in [3.8, 4) is 17.2 Å². The minimum absolute atomic E-state index is 0.0138. The summed E-state index contributed by atoms with van der Waals surface area (Å²) in [6, 6.07) is 14.4. The van der Waals surface area contributed by atoms with Crippen LogP contribution in [-0.2, 0) is 6.54 Å². The van der Waals surface area contributed by atoms with Crippen LogP contribution in [-0.4, -0.2) is 22.5 Å². The third-order valence-corrected chi connectivity index (χ3v) is 4.30. The van der Waals surface area contributed by atoms with E-state index in [0.29, 0.717) is 6.54 Å². The predicted octanol–water partition coefficient (Wildman–Crippen LogP) is 4.23. The number of pyridine rings is 1. The number of ether oxygens (including phenoxy) is 1. The highest BCUT2D eigenvalue weighted by atomic mass is 19.1. The number of hydrogen-bond donors (Lipinski definition) is 2. The van der Waals surface area contributed by atoms with Gasteiger partial charge in [-0.1, -0.05) is 19.1 Å². The lowest BCUT2D eigenvalue weighted by Gasteiger charge is -2.23. The molecule has 3 rings (SSSR count). The van der Waals surface area contributed by atoms with Crippen LogP contribution in [0.25, 0.3) is 0 Å². The summed E-state index contributed by atoms with van der Waals surface area (Å²) in [5, 5.41) is 9.83. The van der Waals surface area contributed by atoms with E-state index >= 15 is 0 Å². The topological polar surface area (TPSA) is 88.7 Å². The van der Waals surface area contributed by atoms with Gasteiger partial charge in [0.1, 0.15) is 17.3 Å². The molecular formula is C22H22FN3O3. The molecule has 1 amide bonds. The maximum absolute atomic E-state index is 14.6. The number of nitrogens with two attached hydrogens (primary N) is 1. The zero-order valence-corrected chi connectivity index (χ0v) is 16.0. The van der Waals surface area contributed by atoms with Crippen molar-refractivity contribution in [2.45, 2.75) is 19.9 Å². The molecule has 1 aromatic heterocycles. The zero-order chi connectivity index (χ0) is 20.8. The monoisotopic (exact) mass is 395 g/mol. The number of aromatic nitrogens is 1. The smallest absolute Gasteiger partial charge is 0.252 e. The van der Waals surface area contributed by atoms with Crippen molar-refractivity contribution in [3.05, 3.63) is 77.7 Å². The van der Waals surface area contributed by atoms with Crippen LogP contribution in [0.5, 0.6) is 17.2 Å². The molecule has 0 unspecified atom stereocenters. The normalized spacial score (nSPS) is 10.6. The molecule has 0 spiro atoms. The molecule has 0 atom stereocenters. The Balaban J connectivity index is 1.76. The number of aromatic hydroxyl groups is 1. The van der Waals surface area contributed by atoms with Gasteiger partial charge >= 0.3 is 0 Å². The first-order valence-corrected chi connectivity index (χ1v) is 9.23. The number of amides is 1. The number of anilines is 1. The Morgan fingerprint density at radius 1 is 1.21 bits per heavy atom. The highest BCUT2D eigenvalue weighted by molar-refractivity contribution is 5.95. The van der Waals surface area contributed by atoms with E-state index in [1.54, 1.807) is 12.3 Å². The number of rotatable bonds is 8. The minimum atomic E-state index is -0.755. The summed E-state index contributed by atoms with van der Waals surface area (Å²) in [6.07, 6.45) is 2.67. The summed E-state index contributed by atoms with van der Waals surface area (Å²) in [7, 11) is 0. The van der Waals surface area contributed by atoms with Crippen molar-refractivity contribution in [1.82, 2.24) is 4.98 Å². The van der Waals surface area contributed by atoms with E-state index in [1.807, 2.05) is 18.2 Å². The molecule has 0 fully saturated rings. The second-order valence-electron chi connectivity index (χ2n) is 6.52. The molecule has 0 aliphatic carbocycles. The average Bonchev–Trinajstić information content (AvgIpc) is 2.70. The first-order valence-electron chi connectivity index (χ1n) is 9.23. The van der Waals surface area contributed by atoms with Gasteiger partial charge in [0.2, 0.25) is 0 Å². The van der Waals surface area contributed by atoms with E-state index in [-0.39, 0.29) is 22.8 Å². The van der Waals surface area contributed by atoms with Crippen molar-refractivity contribution in [1.29, 1.82) is 0 Å². The van der Waals surface area contributed by atoms with Gasteiger partial charge in [-0.15, -0.1) is 0 Å². The molecule has 2 aromatic carbocycles. The third kappa shape index (κ3) is 5.01. The van der Waals surface area contributed by atoms with Crippen LogP contribution < -0.4 is 15.4 Å². The first-order chi connectivity index (χ1) is 14.0. The van der Waals surface area contributed by atoms with Crippen LogP contribution in [0.1, 0.15) is 29.3 Å². The van der Waals surface area contributed by atoms with Gasteiger partial charge in [-0.2, -0.15) is 0 Å². The minimum Gasteiger partial charge on any atom is -0.507 e. The van der Waals surface area contributed by atoms with Gasteiger partial charge in [-0.3, -0.25) is 4.79 Å². The van der Waals surface area contributed by atoms with E-state index in [1.165, 1.54) is 30.3 Å². The van der Waals surface area contributed by atoms with Crippen LogP contribution in [0.4, 0.5) is 10.2 Å². The molecular weight excluding hydrogens is 373 g/mol. The fourth-order valence-corrected chi connectivity index (χ4v) is 2.94. The second kappa shape index (κ2) is 9.05. The number of nitrogens with zero attached hydrogens (tertiary/aromatic N) is 2. The van der Waals surface area contributed by atoms with Gasteiger partial charge < -0.3 is 20.5 Å². The number of benzene rings is 2.